The fourth-order valence-corrected chi connectivity index (χ4v) is 2.61. The molecule has 3 rings (SSSR count). The number of fused-ring (bicyclic) bond motifs is 1. The molecule has 2 aromatic rings. The Hall–Kier alpha value is -1.96. The fourth-order valence-electron chi connectivity index (χ4n) is 2.61. The lowest BCUT2D eigenvalue weighted by atomic mass is 9.93. The van der Waals surface area contributed by atoms with Crippen LogP contribution >= 0.6 is 0 Å². The van der Waals surface area contributed by atoms with Gasteiger partial charge in [0.05, 0.1) is 6.04 Å². The monoisotopic (exact) mass is 238 g/mol. The quantitative estimate of drug-likeness (QED) is 0.825. The molecule has 1 heterocycles. The van der Waals surface area contributed by atoms with Crippen molar-refractivity contribution < 1.29 is 0 Å². The Morgan fingerprint density at radius 2 is 1.72 bits per heavy atom. The Kier molecular flexibility index (Phi) is 2.93. The third-order valence-corrected chi connectivity index (χ3v) is 3.44. The minimum atomic E-state index is 0.389. The van der Waals surface area contributed by atoms with Crippen LogP contribution in [0.3, 0.4) is 0 Å². The molecule has 0 spiro atoms. The fraction of sp³-hybridized carbons (Fsp3) is 0.250. The van der Waals surface area contributed by atoms with Crippen LogP contribution in [0, 0.1) is 0 Å². The molecule has 0 saturated carbocycles. The lowest BCUT2D eigenvalue weighted by molar-refractivity contribution is 0.600. The Morgan fingerprint density at radius 3 is 2.56 bits per heavy atom. The molecule has 18 heavy (non-hydrogen) atoms. The van der Waals surface area contributed by atoms with Crippen LogP contribution in [-0.4, -0.2) is 6.04 Å². The van der Waals surface area contributed by atoms with Gasteiger partial charge in [0.25, 0.3) is 0 Å². The van der Waals surface area contributed by atoms with Gasteiger partial charge in [0.1, 0.15) is 0 Å². The first-order chi connectivity index (χ1) is 8.83. The van der Waals surface area contributed by atoms with Crippen molar-refractivity contribution in [1.82, 2.24) is 0 Å². The van der Waals surface area contributed by atoms with Crippen molar-refractivity contribution in [3.8, 4) is 0 Å². The normalized spacial score (nSPS) is 21.8. The topological polar surface area (TPSA) is 24.1 Å². The summed E-state index contributed by atoms with van der Waals surface area (Å²) in [5.41, 5.74) is 3.80. The van der Waals surface area contributed by atoms with Gasteiger partial charge in [-0.15, -0.1) is 0 Å². The summed E-state index contributed by atoms with van der Waals surface area (Å²) in [6.07, 6.45) is 1.10. The van der Waals surface area contributed by atoms with Gasteiger partial charge in [-0.2, -0.15) is 0 Å². The summed E-state index contributed by atoms with van der Waals surface area (Å²) in [5.74, 6) is 0. The highest BCUT2D eigenvalue weighted by molar-refractivity contribution is 5.58. The van der Waals surface area contributed by atoms with E-state index < -0.39 is 0 Å². The zero-order chi connectivity index (χ0) is 12.4. The van der Waals surface area contributed by atoms with Crippen LogP contribution in [0.1, 0.15) is 24.9 Å². The minimum absolute atomic E-state index is 0.389. The second-order valence-corrected chi connectivity index (χ2v) is 4.93. The largest absolute Gasteiger partial charge is 0.382 e. The molecule has 2 heteroatoms. The van der Waals surface area contributed by atoms with Crippen LogP contribution in [0.25, 0.3) is 0 Å². The number of anilines is 2. The molecule has 92 valence electrons. The maximum Gasteiger partial charge on any atom is 0.0553 e. The van der Waals surface area contributed by atoms with E-state index in [1.54, 1.807) is 0 Å². The number of para-hydroxylation sites is 2. The third kappa shape index (κ3) is 2.19. The van der Waals surface area contributed by atoms with Gasteiger partial charge >= 0.3 is 0 Å². The van der Waals surface area contributed by atoms with Crippen LogP contribution < -0.4 is 10.6 Å². The Bertz CT molecular complexity index is 522. The van der Waals surface area contributed by atoms with Crippen LogP contribution in [0.15, 0.2) is 54.6 Å². The number of hydrogen-bond donors (Lipinski definition) is 2. The Balaban J connectivity index is 1.89. The lowest BCUT2D eigenvalue weighted by Gasteiger charge is -2.32. The van der Waals surface area contributed by atoms with E-state index in [-0.39, 0.29) is 0 Å². The molecule has 1 aliphatic heterocycles. The highest BCUT2D eigenvalue weighted by Gasteiger charge is 2.23. The standard InChI is InChI=1S/C16H18N2/c1-12-11-16(18-13-7-3-2-4-8-13)14-9-5-6-10-15(14)17-12/h2-10,12,16-18H,11H2,1H3/t12?,16-/m1/s1. The van der Waals surface area contributed by atoms with E-state index in [2.05, 4.69) is 66.1 Å². The molecule has 2 aromatic carbocycles. The first-order valence-electron chi connectivity index (χ1n) is 6.50. The van der Waals surface area contributed by atoms with Crippen molar-refractivity contribution in [2.24, 2.45) is 0 Å². The summed E-state index contributed by atoms with van der Waals surface area (Å²) >= 11 is 0. The second-order valence-electron chi connectivity index (χ2n) is 4.93. The Labute approximate surface area is 108 Å². The van der Waals surface area contributed by atoms with Gasteiger partial charge in [-0.1, -0.05) is 36.4 Å². The van der Waals surface area contributed by atoms with E-state index in [9.17, 15) is 0 Å². The maximum absolute atomic E-state index is 3.63. The van der Waals surface area contributed by atoms with E-state index >= 15 is 0 Å². The number of nitrogens with one attached hydrogen (secondary N) is 2. The molecule has 0 amide bonds. The van der Waals surface area contributed by atoms with Gasteiger partial charge in [0.15, 0.2) is 0 Å². The van der Waals surface area contributed by atoms with E-state index in [4.69, 9.17) is 0 Å². The molecule has 0 saturated heterocycles. The second kappa shape index (κ2) is 4.73. The molecule has 0 bridgehead atoms. The van der Waals surface area contributed by atoms with Crippen LogP contribution in [0.2, 0.25) is 0 Å². The first-order valence-corrected chi connectivity index (χ1v) is 6.50. The van der Waals surface area contributed by atoms with E-state index in [0.717, 1.165) is 6.42 Å². The van der Waals surface area contributed by atoms with Crippen molar-refractivity contribution >= 4 is 11.4 Å². The van der Waals surface area contributed by atoms with Gasteiger partial charge in [0.2, 0.25) is 0 Å². The van der Waals surface area contributed by atoms with Crippen LogP contribution in [0.4, 0.5) is 11.4 Å². The molecular weight excluding hydrogens is 220 g/mol. The van der Waals surface area contributed by atoms with Crippen molar-refractivity contribution in [3.63, 3.8) is 0 Å². The average molecular weight is 238 g/mol. The zero-order valence-electron chi connectivity index (χ0n) is 10.6. The smallest absolute Gasteiger partial charge is 0.0553 e. The molecule has 2 atom stereocenters. The van der Waals surface area contributed by atoms with Crippen LogP contribution in [-0.2, 0) is 0 Å². The van der Waals surface area contributed by atoms with Gasteiger partial charge in [-0.25, -0.2) is 0 Å². The van der Waals surface area contributed by atoms with Crippen LogP contribution in [0.5, 0.6) is 0 Å². The predicted molar refractivity (Wildman–Crippen MR) is 76.9 cm³/mol. The van der Waals surface area contributed by atoms with Gasteiger partial charge in [0, 0.05) is 17.4 Å². The summed E-state index contributed by atoms with van der Waals surface area (Å²) in [7, 11) is 0. The maximum atomic E-state index is 3.63. The average Bonchev–Trinajstić information content (AvgIpc) is 2.40. The van der Waals surface area contributed by atoms with Gasteiger partial charge < -0.3 is 10.6 Å². The van der Waals surface area contributed by atoms with E-state index in [1.165, 1.54) is 16.9 Å². The lowest BCUT2D eigenvalue weighted by Crippen LogP contribution is -2.28. The molecule has 0 radical (unpaired) electrons. The summed E-state index contributed by atoms with van der Waals surface area (Å²) in [4.78, 5) is 0. The molecule has 1 aliphatic rings. The van der Waals surface area contributed by atoms with Crippen molar-refractivity contribution in [1.29, 1.82) is 0 Å². The number of hydrogen-bond acceptors (Lipinski definition) is 2. The van der Waals surface area contributed by atoms with Gasteiger partial charge in [-0.3, -0.25) is 0 Å². The van der Waals surface area contributed by atoms with E-state index in [0.29, 0.717) is 12.1 Å². The molecule has 0 fully saturated rings. The van der Waals surface area contributed by atoms with Gasteiger partial charge in [-0.05, 0) is 37.1 Å². The van der Waals surface area contributed by atoms with E-state index in [1.807, 2.05) is 6.07 Å². The number of rotatable bonds is 2. The number of benzene rings is 2. The molecule has 2 nitrogen and oxygen atoms in total. The third-order valence-electron chi connectivity index (χ3n) is 3.44. The summed E-state index contributed by atoms with van der Waals surface area (Å²) in [5, 5.41) is 7.16. The summed E-state index contributed by atoms with van der Waals surface area (Å²) in [6.45, 7) is 2.23. The molecule has 1 unspecified atom stereocenters. The zero-order valence-corrected chi connectivity index (χ0v) is 10.6. The molecule has 0 aliphatic carbocycles. The highest BCUT2D eigenvalue weighted by atomic mass is 15.0. The van der Waals surface area contributed by atoms with Crippen molar-refractivity contribution in [2.75, 3.05) is 10.6 Å². The molecular formula is C16H18N2. The summed E-state index contributed by atoms with van der Waals surface area (Å²) < 4.78 is 0. The minimum Gasteiger partial charge on any atom is -0.382 e. The first kappa shape index (κ1) is 11.1. The van der Waals surface area contributed by atoms with Crippen molar-refractivity contribution in [3.05, 3.63) is 60.2 Å². The molecule has 2 N–H and O–H groups in total. The molecule has 0 aromatic heterocycles. The summed E-state index contributed by atoms with van der Waals surface area (Å²) in [6, 6.07) is 19.9. The predicted octanol–water partition coefficient (Wildman–Crippen LogP) is 4.04. The highest BCUT2D eigenvalue weighted by Crippen LogP contribution is 2.34. The SMILES string of the molecule is CC1C[C@@H](Nc2ccccc2)c2ccccc2N1. The Morgan fingerprint density at radius 1 is 1.00 bits per heavy atom. The van der Waals surface area contributed by atoms with Crippen molar-refractivity contribution in [2.45, 2.75) is 25.4 Å².